The fraction of sp³-hybridized carbons (Fsp3) is 0.364. The van der Waals surface area contributed by atoms with Crippen LogP contribution in [0, 0.1) is 0 Å². The van der Waals surface area contributed by atoms with Crippen molar-refractivity contribution in [1.82, 2.24) is 4.98 Å². The number of likely N-dealkylation sites (N-methyl/N-ethyl adjacent to an activating group) is 1. The zero-order valence-corrected chi connectivity index (χ0v) is 9.37. The van der Waals surface area contributed by atoms with Crippen LogP contribution in [0.5, 0.6) is 5.88 Å². The lowest BCUT2D eigenvalue weighted by Crippen LogP contribution is -2.31. The van der Waals surface area contributed by atoms with E-state index in [0.717, 1.165) is 12.2 Å². The maximum atomic E-state index is 11.7. The van der Waals surface area contributed by atoms with Crippen LogP contribution in [-0.4, -0.2) is 32.3 Å². The molecular weight excluding hydrogens is 208 g/mol. The summed E-state index contributed by atoms with van der Waals surface area (Å²) in [6.45, 7) is 5.04. The number of rotatable bonds is 2. The average molecular weight is 222 g/mol. The minimum absolute atomic E-state index is 0.249. The van der Waals surface area contributed by atoms with E-state index in [-0.39, 0.29) is 5.56 Å². The number of methoxy groups -OCH3 is 1. The maximum absolute atomic E-state index is 11.7. The molecule has 0 radical (unpaired) electrons. The molecule has 2 rings (SSSR count). The van der Waals surface area contributed by atoms with E-state index in [1.54, 1.807) is 6.07 Å². The van der Waals surface area contributed by atoms with E-state index in [1.807, 2.05) is 11.9 Å². The van der Waals surface area contributed by atoms with Gasteiger partial charge in [0.05, 0.1) is 24.9 Å². The van der Waals surface area contributed by atoms with Crippen LogP contribution in [0.1, 0.15) is 5.56 Å². The highest BCUT2D eigenvalue weighted by Gasteiger charge is 2.18. The van der Waals surface area contributed by atoms with Gasteiger partial charge in [-0.05, 0) is 6.07 Å². The van der Waals surface area contributed by atoms with Crippen LogP contribution in [0.25, 0.3) is 5.76 Å². The smallest absolute Gasteiger partial charge is 0.261 e. The third-order valence-corrected chi connectivity index (χ3v) is 2.62. The van der Waals surface area contributed by atoms with Crippen LogP contribution in [-0.2, 0) is 4.74 Å². The van der Waals surface area contributed by atoms with Crippen molar-refractivity contribution in [1.29, 1.82) is 0 Å². The van der Waals surface area contributed by atoms with Crippen LogP contribution in [0.15, 0.2) is 17.4 Å². The van der Waals surface area contributed by atoms with Crippen molar-refractivity contribution in [2.24, 2.45) is 0 Å². The number of H-pyrrole nitrogens is 1. The largest absolute Gasteiger partial charge is 0.497 e. The van der Waals surface area contributed by atoms with Gasteiger partial charge in [-0.1, -0.05) is 6.58 Å². The number of aromatic nitrogens is 1. The van der Waals surface area contributed by atoms with Crippen molar-refractivity contribution >= 4 is 11.4 Å². The third-order valence-electron chi connectivity index (χ3n) is 2.62. The first-order valence-corrected chi connectivity index (χ1v) is 4.98. The first-order valence-electron chi connectivity index (χ1n) is 4.98. The van der Waals surface area contributed by atoms with E-state index in [2.05, 4.69) is 11.6 Å². The van der Waals surface area contributed by atoms with Crippen molar-refractivity contribution in [3.63, 3.8) is 0 Å². The molecule has 1 N–H and O–H groups in total. The lowest BCUT2D eigenvalue weighted by atomic mass is 10.2. The molecule has 0 unspecified atom stereocenters. The summed E-state index contributed by atoms with van der Waals surface area (Å²) < 4.78 is 10.3. The Hall–Kier alpha value is -1.91. The van der Waals surface area contributed by atoms with Gasteiger partial charge in [0.25, 0.3) is 5.56 Å². The Kier molecular flexibility index (Phi) is 2.60. The van der Waals surface area contributed by atoms with Crippen molar-refractivity contribution in [3.05, 3.63) is 28.6 Å². The molecule has 2 heterocycles. The predicted octanol–water partition coefficient (Wildman–Crippen LogP) is 0.821. The number of fused-ring (bicyclic) bond motifs is 1. The number of pyridine rings is 1. The molecule has 0 aromatic carbocycles. The van der Waals surface area contributed by atoms with Crippen LogP contribution in [0.4, 0.5) is 5.69 Å². The van der Waals surface area contributed by atoms with E-state index in [4.69, 9.17) is 9.47 Å². The molecule has 0 saturated heterocycles. The predicted molar refractivity (Wildman–Crippen MR) is 61.9 cm³/mol. The number of nitrogens with zero attached hydrogens (tertiary/aromatic N) is 1. The summed E-state index contributed by atoms with van der Waals surface area (Å²) in [6.07, 6.45) is 0. The van der Waals surface area contributed by atoms with Crippen LogP contribution >= 0.6 is 0 Å². The van der Waals surface area contributed by atoms with Gasteiger partial charge in [-0.15, -0.1) is 0 Å². The molecule has 1 aromatic heterocycles. The summed E-state index contributed by atoms with van der Waals surface area (Å²) in [6, 6.07) is 1.74. The average Bonchev–Trinajstić information content (AvgIpc) is 2.28. The molecule has 0 aliphatic carbocycles. The van der Waals surface area contributed by atoms with Crippen LogP contribution < -0.4 is 15.2 Å². The van der Waals surface area contributed by atoms with Gasteiger partial charge in [0.15, 0.2) is 0 Å². The van der Waals surface area contributed by atoms with Gasteiger partial charge in [0, 0.05) is 7.05 Å². The van der Waals surface area contributed by atoms with Crippen molar-refractivity contribution in [3.8, 4) is 5.88 Å². The van der Waals surface area contributed by atoms with Crippen LogP contribution in [0.2, 0.25) is 0 Å². The molecule has 0 spiro atoms. The number of nitrogens with one attached hydrogen (secondary N) is 1. The molecule has 1 aliphatic heterocycles. The molecule has 0 fully saturated rings. The zero-order valence-electron chi connectivity index (χ0n) is 9.37. The highest BCUT2D eigenvalue weighted by atomic mass is 16.5. The van der Waals surface area contributed by atoms with Crippen molar-refractivity contribution in [2.75, 3.05) is 32.2 Å². The quantitative estimate of drug-likeness (QED) is 0.753. The Morgan fingerprint density at radius 1 is 1.69 bits per heavy atom. The molecule has 0 amide bonds. The van der Waals surface area contributed by atoms with Gasteiger partial charge in [-0.2, -0.15) is 0 Å². The van der Waals surface area contributed by atoms with Gasteiger partial charge in [-0.25, -0.2) is 0 Å². The van der Waals surface area contributed by atoms with Gasteiger partial charge >= 0.3 is 0 Å². The molecule has 1 aliphatic rings. The topological polar surface area (TPSA) is 54.6 Å². The number of ether oxygens (including phenoxy) is 2. The Morgan fingerprint density at radius 3 is 3.12 bits per heavy atom. The second-order valence-corrected chi connectivity index (χ2v) is 3.62. The zero-order chi connectivity index (χ0) is 11.7. The van der Waals surface area contributed by atoms with E-state index in [1.165, 1.54) is 7.11 Å². The molecule has 0 saturated carbocycles. The van der Waals surface area contributed by atoms with Gasteiger partial charge in [-0.3, -0.25) is 9.78 Å². The molecule has 86 valence electrons. The van der Waals surface area contributed by atoms with Crippen molar-refractivity contribution in [2.45, 2.75) is 0 Å². The molecule has 0 bridgehead atoms. The molecule has 16 heavy (non-hydrogen) atoms. The maximum Gasteiger partial charge on any atom is 0.261 e. The Labute approximate surface area is 93.3 Å². The Bertz CT molecular complexity index is 479. The molecular formula is C11H14N2O3. The molecule has 5 nitrogen and oxygen atoms in total. The van der Waals surface area contributed by atoms with E-state index in [0.29, 0.717) is 23.8 Å². The summed E-state index contributed by atoms with van der Waals surface area (Å²) >= 11 is 0. The number of aromatic amines is 1. The second kappa shape index (κ2) is 3.92. The molecule has 1 aromatic rings. The Morgan fingerprint density at radius 2 is 2.44 bits per heavy atom. The standard InChI is InChI=1S/C11H14N2O3/c1-7(15-3)8-6-9-11(12-10(8)14)16-5-4-13(9)2/h6H,1,4-5H2,2-3H3,(H,12,14). The summed E-state index contributed by atoms with van der Waals surface area (Å²) in [5.41, 5.74) is 1.03. The normalized spacial score (nSPS) is 14.0. The van der Waals surface area contributed by atoms with E-state index in [9.17, 15) is 4.79 Å². The van der Waals surface area contributed by atoms with Gasteiger partial charge in [0.1, 0.15) is 12.4 Å². The molecule has 5 heteroatoms. The summed E-state index contributed by atoms with van der Waals surface area (Å²) in [4.78, 5) is 16.4. The fourth-order valence-corrected chi connectivity index (χ4v) is 1.62. The molecule has 0 atom stereocenters. The summed E-state index contributed by atoms with van der Waals surface area (Å²) in [7, 11) is 3.43. The van der Waals surface area contributed by atoms with Gasteiger partial charge < -0.3 is 14.4 Å². The fourth-order valence-electron chi connectivity index (χ4n) is 1.62. The monoisotopic (exact) mass is 222 g/mol. The lowest BCUT2D eigenvalue weighted by molar-refractivity contribution is 0.297. The van der Waals surface area contributed by atoms with Crippen molar-refractivity contribution < 1.29 is 9.47 Å². The van der Waals surface area contributed by atoms with E-state index < -0.39 is 0 Å². The minimum atomic E-state index is -0.249. The van der Waals surface area contributed by atoms with E-state index >= 15 is 0 Å². The highest BCUT2D eigenvalue weighted by Crippen LogP contribution is 2.28. The first kappa shape index (κ1) is 10.6. The summed E-state index contributed by atoms with van der Waals surface area (Å²) in [5.74, 6) is 0.856. The lowest BCUT2D eigenvalue weighted by Gasteiger charge is -2.27. The second-order valence-electron chi connectivity index (χ2n) is 3.62. The first-order chi connectivity index (χ1) is 7.63. The van der Waals surface area contributed by atoms with Crippen LogP contribution in [0.3, 0.4) is 0 Å². The highest BCUT2D eigenvalue weighted by molar-refractivity contribution is 5.66. The number of hydrogen-bond acceptors (Lipinski definition) is 4. The van der Waals surface area contributed by atoms with Gasteiger partial charge in [0.2, 0.25) is 5.88 Å². The SMILES string of the molecule is C=C(OC)c1cc2c([nH]c1=O)OCCN2C. The minimum Gasteiger partial charge on any atom is -0.497 e. The number of anilines is 1. The summed E-state index contributed by atoms with van der Waals surface area (Å²) in [5, 5.41) is 0. The third kappa shape index (κ3) is 1.64. The number of hydrogen-bond donors (Lipinski definition) is 1. The Balaban J connectivity index is 2.54.